The van der Waals surface area contributed by atoms with E-state index in [-0.39, 0.29) is 5.91 Å². The second-order valence-corrected chi connectivity index (χ2v) is 6.46. The Morgan fingerprint density at radius 1 is 1.30 bits per heavy atom. The number of amides is 1. The van der Waals surface area contributed by atoms with Crippen LogP contribution in [0.25, 0.3) is 5.69 Å². The maximum Gasteiger partial charge on any atom is 0.274 e. The third kappa shape index (κ3) is 3.29. The lowest BCUT2D eigenvalue weighted by Crippen LogP contribution is -2.51. The van der Waals surface area contributed by atoms with Crippen LogP contribution < -0.4 is 5.32 Å². The largest absolute Gasteiger partial charge is 0.334 e. The summed E-state index contributed by atoms with van der Waals surface area (Å²) in [7, 11) is 0. The van der Waals surface area contributed by atoms with Gasteiger partial charge in [0, 0.05) is 31.4 Å². The maximum atomic E-state index is 12.8. The van der Waals surface area contributed by atoms with E-state index in [4.69, 9.17) is 0 Å². The number of hydrogen-bond donors (Lipinski definition) is 1. The Morgan fingerprint density at radius 2 is 2.04 bits per heavy atom. The molecule has 1 saturated heterocycles. The van der Waals surface area contributed by atoms with Crippen molar-refractivity contribution in [2.24, 2.45) is 0 Å². The summed E-state index contributed by atoms with van der Waals surface area (Å²) < 4.78 is 1.89. The highest BCUT2D eigenvalue weighted by atomic mass is 16.2. The molecule has 122 valence electrons. The van der Waals surface area contributed by atoms with Crippen molar-refractivity contribution in [2.45, 2.75) is 32.7 Å². The number of benzene rings is 1. The minimum absolute atomic E-state index is 0.0231. The number of aromatic nitrogens is 2. The third-order valence-electron chi connectivity index (χ3n) is 4.20. The van der Waals surface area contributed by atoms with Gasteiger partial charge in [0.15, 0.2) is 5.69 Å². The smallest absolute Gasteiger partial charge is 0.274 e. The molecule has 0 saturated carbocycles. The van der Waals surface area contributed by atoms with E-state index < -0.39 is 0 Å². The number of carbonyl (C=O) groups is 1. The Bertz CT molecular complexity index is 678. The third-order valence-corrected chi connectivity index (χ3v) is 4.20. The van der Waals surface area contributed by atoms with E-state index in [1.807, 2.05) is 46.0 Å². The number of rotatable bonds is 3. The molecule has 5 nitrogen and oxygen atoms in total. The van der Waals surface area contributed by atoms with Crippen molar-refractivity contribution >= 4 is 5.91 Å². The Hall–Kier alpha value is -2.14. The summed E-state index contributed by atoms with van der Waals surface area (Å²) in [6, 6.07) is 12.2. The zero-order valence-electron chi connectivity index (χ0n) is 14.0. The highest BCUT2D eigenvalue weighted by molar-refractivity contribution is 5.92. The van der Waals surface area contributed by atoms with Crippen LogP contribution in [0.2, 0.25) is 0 Å². The van der Waals surface area contributed by atoms with Crippen molar-refractivity contribution in [3.63, 3.8) is 0 Å². The monoisotopic (exact) mass is 312 g/mol. The number of hydrogen-bond acceptors (Lipinski definition) is 3. The lowest BCUT2D eigenvalue weighted by Gasteiger charge is -2.31. The van der Waals surface area contributed by atoms with E-state index in [1.54, 1.807) is 0 Å². The first kappa shape index (κ1) is 15.7. The van der Waals surface area contributed by atoms with E-state index in [0.717, 1.165) is 31.0 Å². The molecular formula is C18H24N4O. The van der Waals surface area contributed by atoms with E-state index >= 15 is 0 Å². The topological polar surface area (TPSA) is 50.2 Å². The Labute approximate surface area is 137 Å². The molecule has 1 fully saturated rings. The molecule has 1 atom stereocenters. The zero-order chi connectivity index (χ0) is 16.4. The van der Waals surface area contributed by atoms with Gasteiger partial charge < -0.3 is 10.2 Å². The van der Waals surface area contributed by atoms with Gasteiger partial charge >= 0.3 is 0 Å². The van der Waals surface area contributed by atoms with Crippen molar-refractivity contribution in [2.75, 3.05) is 19.6 Å². The van der Waals surface area contributed by atoms with Gasteiger partial charge in [0.25, 0.3) is 5.91 Å². The van der Waals surface area contributed by atoms with Gasteiger partial charge in [-0.2, -0.15) is 5.10 Å². The first-order valence-electron chi connectivity index (χ1n) is 8.24. The molecular weight excluding hydrogens is 288 g/mol. The predicted molar refractivity (Wildman–Crippen MR) is 91.0 cm³/mol. The first-order chi connectivity index (χ1) is 11.1. The van der Waals surface area contributed by atoms with Crippen molar-refractivity contribution in [3.8, 4) is 5.69 Å². The molecule has 1 aromatic carbocycles. The standard InChI is InChI=1S/C18H24N4O/c1-13(2)17-11-16(18(23)21-10-9-19-14(3)12-21)20-22(17)15-7-5-4-6-8-15/h4-8,11,13-14,19H,9-10,12H2,1-3H3/t14-/m1/s1. The number of nitrogens with one attached hydrogen (secondary N) is 1. The van der Waals surface area contributed by atoms with Crippen molar-refractivity contribution < 1.29 is 4.79 Å². The van der Waals surface area contributed by atoms with E-state index in [2.05, 4.69) is 31.2 Å². The van der Waals surface area contributed by atoms with E-state index in [1.165, 1.54) is 0 Å². The lowest BCUT2D eigenvalue weighted by atomic mass is 10.1. The quantitative estimate of drug-likeness (QED) is 0.947. The van der Waals surface area contributed by atoms with Crippen molar-refractivity contribution in [1.29, 1.82) is 0 Å². The van der Waals surface area contributed by atoms with Crippen LogP contribution >= 0.6 is 0 Å². The van der Waals surface area contributed by atoms with Gasteiger partial charge in [0.1, 0.15) is 0 Å². The molecule has 0 bridgehead atoms. The number of carbonyl (C=O) groups excluding carboxylic acids is 1. The van der Waals surface area contributed by atoms with Crippen LogP contribution in [-0.4, -0.2) is 46.3 Å². The molecule has 1 N–H and O–H groups in total. The highest BCUT2D eigenvalue weighted by Gasteiger charge is 2.25. The fourth-order valence-corrected chi connectivity index (χ4v) is 2.97. The normalized spacial score (nSPS) is 18.4. The van der Waals surface area contributed by atoms with E-state index in [0.29, 0.717) is 17.7 Å². The molecule has 1 aliphatic heterocycles. The predicted octanol–water partition coefficient (Wildman–Crippen LogP) is 2.43. The highest BCUT2D eigenvalue weighted by Crippen LogP contribution is 2.21. The molecule has 0 radical (unpaired) electrons. The SMILES string of the molecule is CC(C)c1cc(C(=O)N2CCN[C@H](C)C2)nn1-c1ccccc1. The van der Waals surface area contributed by atoms with Gasteiger partial charge in [-0.3, -0.25) is 4.79 Å². The lowest BCUT2D eigenvalue weighted by molar-refractivity contribution is 0.0702. The molecule has 1 amide bonds. The van der Waals surface area contributed by atoms with Gasteiger partial charge in [-0.25, -0.2) is 4.68 Å². The molecule has 1 aromatic heterocycles. The van der Waals surface area contributed by atoms with Gasteiger partial charge in [-0.1, -0.05) is 32.0 Å². The van der Waals surface area contributed by atoms with Gasteiger partial charge in [-0.15, -0.1) is 0 Å². The Morgan fingerprint density at radius 3 is 2.70 bits per heavy atom. The minimum Gasteiger partial charge on any atom is -0.334 e. The molecule has 2 aromatic rings. The summed E-state index contributed by atoms with van der Waals surface area (Å²) in [4.78, 5) is 14.7. The summed E-state index contributed by atoms with van der Waals surface area (Å²) >= 11 is 0. The van der Waals surface area contributed by atoms with Crippen LogP contribution in [0.5, 0.6) is 0 Å². The maximum absolute atomic E-state index is 12.8. The van der Waals surface area contributed by atoms with Gasteiger partial charge in [0.05, 0.1) is 5.69 Å². The zero-order valence-corrected chi connectivity index (χ0v) is 14.0. The first-order valence-corrected chi connectivity index (χ1v) is 8.24. The van der Waals surface area contributed by atoms with Crippen molar-refractivity contribution in [3.05, 3.63) is 47.8 Å². The number of para-hydroxylation sites is 1. The molecule has 2 heterocycles. The van der Waals surface area contributed by atoms with Crippen LogP contribution in [0.1, 0.15) is 42.9 Å². The molecule has 0 aliphatic carbocycles. The molecule has 0 unspecified atom stereocenters. The Kier molecular flexibility index (Phi) is 4.48. The summed E-state index contributed by atoms with van der Waals surface area (Å²) in [5.74, 6) is 0.320. The molecule has 0 spiro atoms. The molecule has 1 aliphatic rings. The Balaban J connectivity index is 1.93. The van der Waals surface area contributed by atoms with Crippen LogP contribution in [0.15, 0.2) is 36.4 Å². The van der Waals surface area contributed by atoms with Crippen LogP contribution in [-0.2, 0) is 0 Å². The second kappa shape index (κ2) is 6.54. The minimum atomic E-state index is 0.0231. The summed E-state index contributed by atoms with van der Waals surface area (Å²) in [5, 5.41) is 7.97. The second-order valence-electron chi connectivity index (χ2n) is 6.46. The number of nitrogens with zero attached hydrogens (tertiary/aromatic N) is 3. The van der Waals surface area contributed by atoms with Crippen LogP contribution in [0.4, 0.5) is 0 Å². The van der Waals surface area contributed by atoms with E-state index in [9.17, 15) is 4.79 Å². The number of piperazine rings is 1. The van der Waals surface area contributed by atoms with Gasteiger partial charge in [0.2, 0.25) is 0 Å². The molecule has 5 heteroatoms. The molecule has 23 heavy (non-hydrogen) atoms. The average Bonchev–Trinajstić information content (AvgIpc) is 3.00. The summed E-state index contributed by atoms with van der Waals surface area (Å²) in [5.41, 5.74) is 2.58. The van der Waals surface area contributed by atoms with Crippen LogP contribution in [0.3, 0.4) is 0 Å². The summed E-state index contributed by atoms with van der Waals surface area (Å²) in [6.45, 7) is 8.65. The molecule has 3 rings (SSSR count). The average molecular weight is 312 g/mol. The summed E-state index contributed by atoms with van der Waals surface area (Å²) in [6.07, 6.45) is 0. The van der Waals surface area contributed by atoms with Crippen LogP contribution in [0, 0.1) is 0 Å². The van der Waals surface area contributed by atoms with Gasteiger partial charge in [-0.05, 0) is 31.0 Å². The fraction of sp³-hybridized carbons (Fsp3) is 0.444. The fourth-order valence-electron chi connectivity index (χ4n) is 2.97. The van der Waals surface area contributed by atoms with Crippen molar-refractivity contribution in [1.82, 2.24) is 20.0 Å².